The van der Waals surface area contributed by atoms with Crippen LogP contribution in [0.2, 0.25) is 0 Å². The molecular formula is C34H21N3S2. The van der Waals surface area contributed by atoms with Crippen LogP contribution in [0, 0.1) is 0 Å². The average molecular weight is 536 g/mol. The van der Waals surface area contributed by atoms with Crippen LogP contribution < -0.4 is 0 Å². The van der Waals surface area contributed by atoms with Crippen LogP contribution in [0.15, 0.2) is 147 Å². The molecule has 2 aliphatic rings. The van der Waals surface area contributed by atoms with Crippen LogP contribution in [0.3, 0.4) is 0 Å². The Morgan fingerprint density at radius 3 is 1.62 bits per heavy atom. The summed E-state index contributed by atoms with van der Waals surface area (Å²) < 4.78 is 0. The van der Waals surface area contributed by atoms with Crippen molar-refractivity contribution < 1.29 is 0 Å². The molecule has 0 N–H and O–H groups in total. The maximum absolute atomic E-state index is 4.63. The van der Waals surface area contributed by atoms with Gasteiger partial charge in [0.25, 0.3) is 0 Å². The van der Waals surface area contributed by atoms with E-state index in [-0.39, 0.29) is 0 Å². The van der Waals surface area contributed by atoms with Crippen molar-refractivity contribution in [2.24, 2.45) is 0 Å². The van der Waals surface area contributed by atoms with Crippen LogP contribution in [0.5, 0.6) is 0 Å². The third-order valence-corrected chi connectivity index (χ3v) is 9.85. The molecule has 0 bridgehead atoms. The van der Waals surface area contributed by atoms with Crippen LogP contribution in [0.25, 0.3) is 22.6 Å². The number of fused-ring (bicyclic) bond motifs is 8. The molecule has 3 nitrogen and oxygen atoms in total. The molecule has 0 radical (unpaired) electrons. The molecule has 0 saturated carbocycles. The first-order valence-corrected chi connectivity index (χ1v) is 14.5. The molecule has 4 aromatic carbocycles. The van der Waals surface area contributed by atoms with Gasteiger partial charge in [0.2, 0.25) is 0 Å². The Labute approximate surface area is 235 Å². The van der Waals surface area contributed by atoms with Gasteiger partial charge in [-0.1, -0.05) is 90.3 Å². The summed E-state index contributed by atoms with van der Waals surface area (Å²) in [4.78, 5) is 18.7. The molecule has 0 amide bonds. The maximum Gasteiger partial charge on any atom is 0.159 e. The summed E-state index contributed by atoms with van der Waals surface area (Å²) in [6, 6.07) is 39.3. The van der Waals surface area contributed by atoms with Gasteiger partial charge >= 0.3 is 0 Å². The second kappa shape index (κ2) is 8.94. The largest absolute Gasteiger partial charge is 0.256 e. The number of benzene rings is 4. The Kier molecular flexibility index (Phi) is 5.22. The fourth-order valence-electron chi connectivity index (χ4n) is 5.95. The smallest absolute Gasteiger partial charge is 0.159 e. The second-order valence-corrected chi connectivity index (χ2v) is 11.8. The summed E-state index contributed by atoms with van der Waals surface area (Å²) in [5.74, 6) is 0.744. The number of hydrogen-bond acceptors (Lipinski definition) is 5. The van der Waals surface area contributed by atoms with Gasteiger partial charge in [0.1, 0.15) is 0 Å². The maximum atomic E-state index is 4.63. The van der Waals surface area contributed by atoms with E-state index in [2.05, 4.69) is 106 Å². The highest BCUT2D eigenvalue weighted by atomic mass is 32.2. The van der Waals surface area contributed by atoms with Crippen molar-refractivity contribution in [3.05, 3.63) is 150 Å². The molecule has 2 aromatic heterocycles. The number of rotatable bonds is 2. The highest BCUT2D eigenvalue weighted by molar-refractivity contribution is 8.00. The Balaban J connectivity index is 1.44. The zero-order valence-corrected chi connectivity index (χ0v) is 22.4. The van der Waals surface area contributed by atoms with E-state index < -0.39 is 5.41 Å². The SMILES string of the molecule is c1ccc(-c2ccc3c(c2)Sc2ccccc2C32c3ccccc3Sc3cc(-c4ncccn4)ccc32)nc1. The molecule has 6 aromatic rings. The van der Waals surface area contributed by atoms with Crippen LogP contribution >= 0.6 is 23.5 Å². The van der Waals surface area contributed by atoms with Gasteiger partial charge in [0.15, 0.2) is 5.82 Å². The van der Waals surface area contributed by atoms with Gasteiger partial charge < -0.3 is 0 Å². The van der Waals surface area contributed by atoms with E-state index in [9.17, 15) is 0 Å². The summed E-state index contributed by atoms with van der Waals surface area (Å²) in [6.45, 7) is 0. The first kappa shape index (κ1) is 22.8. The fraction of sp³-hybridized carbons (Fsp3) is 0.0294. The van der Waals surface area contributed by atoms with Gasteiger partial charge in [-0.2, -0.15) is 0 Å². The summed E-state index contributed by atoms with van der Waals surface area (Å²) in [6.07, 6.45) is 5.46. The molecule has 1 atom stereocenters. The topological polar surface area (TPSA) is 38.7 Å². The van der Waals surface area contributed by atoms with Gasteiger partial charge in [-0.3, -0.25) is 4.98 Å². The lowest BCUT2D eigenvalue weighted by atomic mass is 9.64. The molecule has 5 heteroatoms. The summed E-state index contributed by atoms with van der Waals surface area (Å²) in [7, 11) is 0. The lowest BCUT2D eigenvalue weighted by Gasteiger charge is -2.45. The molecule has 0 saturated heterocycles. The van der Waals surface area contributed by atoms with E-state index in [0.29, 0.717) is 0 Å². The Bertz CT molecular complexity index is 1730. The Morgan fingerprint density at radius 2 is 0.974 bits per heavy atom. The van der Waals surface area contributed by atoms with Gasteiger partial charge in [0.05, 0.1) is 11.1 Å². The minimum atomic E-state index is -0.437. The third-order valence-electron chi connectivity index (χ3n) is 7.58. The molecule has 1 unspecified atom stereocenters. The quantitative estimate of drug-likeness (QED) is 0.222. The lowest BCUT2D eigenvalue weighted by Crippen LogP contribution is -2.36. The number of aromatic nitrogens is 3. The van der Waals surface area contributed by atoms with E-state index >= 15 is 0 Å². The minimum Gasteiger partial charge on any atom is -0.256 e. The molecule has 2 aliphatic heterocycles. The molecule has 0 fully saturated rings. The highest BCUT2D eigenvalue weighted by Gasteiger charge is 2.48. The number of pyridine rings is 1. The number of hydrogen-bond donors (Lipinski definition) is 0. The molecular weight excluding hydrogens is 515 g/mol. The van der Waals surface area contributed by atoms with Gasteiger partial charge in [-0.15, -0.1) is 0 Å². The summed E-state index contributed by atoms with van der Waals surface area (Å²) in [5, 5.41) is 0. The van der Waals surface area contributed by atoms with Crippen LogP contribution in [-0.2, 0) is 5.41 Å². The van der Waals surface area contributed by atoms with Crippen molar-refractivity contribution in [3.8, 4) is 22.6 Å². The highest BCUT2D eigenvalue weighted by Crippen LogP contribution is 2.62. The molecule has 39 heavy (non-hydrogen) atoms. The van der Waals surface area contributed by atoms with Crippen molar-refractivity contribution in [2.45, 2.75) is 25.0 Å². The Hall–Kier alpha value is -4.19. The van der Waals surface area contributed by atoms with Gasteiger partial charge in [0, 0.05) is 49.3 Å². The normalized spacial score (nSPS) is 16.6. The zero-order chi connectivity index (χ0) is 25.8. The second-order valence-electron chi connectivity index (χ2n) is 9.66. The van der Waals surface area contributed by atoms with E-state index in [1.165, 1.54) is 41.8 Å². The molecule has 0 aliphatic carbocycles. The zero-order valence-electron chi connectivity index (χ0n) is 20.8. The first-order chi connectivity index (χ1) is 19.3. The first-order valence-electron chi connectivity index (χ1n) is 12.8. The van der Waals surface area contributed by atoms with Crippen LogP contribution in [0.4, 0.5) is 0 Å². The molecule has 184 valence electrons. The summed E-state index contributed by atoms with van der Waals surface area (Å²) >= 11 is 3.69. The molecule has 8 rings (SSSR count). The Morgan fingerprint density at radius 1 is 0.436 bits per heavy atom. The fourth-order valence-corrected chi connectivity index (χ4v) is 8.41. The van der Waals surface area contributed by atoms with Gasteiger partial charge in [-0.05, 0) is 64.7 Å². The predicted molar refractivity (Wildman–Crippen MR) is 157 cm³/mol. The van der Waals surface area contributed by atoms with E-state index in [1.54, 1.807) is 12.4 Å². The monoisotopic (exact) mass is 535 g/mol. The minimum absolute atomic E-state index is 0.437. The average Bonchev–Trinajstić information content (AvgIpc) is 3.01. The molecule has 4 heterocycles. The van der Waals surface area contributed by atoms with Gasteiger partial charge in [-0.25, -0.2) is 9.97 Å². The number of nitrogens with zero attached hydrogens (tertiary/aromatic N) is 3. The van der Waals surface area contributed by atoms with Crippen molar-refractivity contribution in [1.29, 1.82) is 0 Å². The van der Waals surface area contributed by atoms with Crippen molar-refractivity contribution in [2.75, 3.05) is 0 Å². The molecule has 1 spiro atoms. The van der Waals surface area contributed by atoms with Crippen molar-refractivity contribution >= 4 is 23.5 Å². The van der Waals surface area contributed by atoms with Crippen molar-refractivity contribution in [1.82, 2.24) is 15.0 Å². The van der Waals surface area contributed by atoms with Crippen molar-refractivity contribution in [3.63, 3.8) is 0 Å². The van der Waals surface area contributed by atoms with E-state index in [4.69, 9.17) is 0 Å². The van der Waals surface area contributed by atoms with Crippen LogP contribution in [0.1, 0.15) is 22.3 Å². The summed E-state index contributed by atoms with van der Waals surface area (Å²) in [5.41, 5.74) is 7.96. The lowest BCUT2D eigenvalue weighted by molar-refractivity contribution is 0.667. The van der Waals surface area contributed by atoms with E-state index in [0.717, 1.165) is 22.6 Å². The van der Waals surface area contributed by atoms with Crippen LogP contribution in [-0.4, -0.2) is 15.0 Å². The van der Waals surface area contributed by atoms with E-state index in [1.807, 2.05) is 47.9 Å². The third kappa shape index (κ3) is 3.43. The standard InChI is InChI=1S/C34H21N3S2/c1-3-11-29-24(8-1)34(26-15-13-22(20-31(26)38-29)28-10-5-6-17-35-28)25-9-2-4-12-30(25)39-32-21-23(14-16-27(32)34)33-36-18-7-19-37-33/h1-21H. The predicted octanol–water partition coefficient (Wildman–Crippen LogP) is 8.52.